The summed E-state index contributed by atoms with van der Waals surface area (Å²) < 4.78 is 28.7. The van der Waals surface area contributed by atoms with E-state index in [1.54, 1.807) is 8.61 Å². The first-order chi connectivity index (χ1) is 9.13. The van der Waals surface area contributed by atoms with Gasteiger partial charge in [0.05, 0.1) is 6.61 Å². The summed E-state index contributed by atoms with van der Waals surface area (Å²) >= 11 is 0. The SMILES string of the molecule is O=S(=O)(N1CC2CCCC2C1)N1CCCCC1CO. The average Bonchev–Trinajstić information content (AvgIpc) is 2.99. The molecule has 3 unspecified atom stereocenters. The van der Waals surface area contributed by atoms with Gasteiger partial charge in [-0.15, -0.1) is 0 Å². The molecule has 0 radical (unpaired) electrons. The van der Waals surface area contributed by atoms with E-state index in [4.69, 9.17) is 0 Å². The summed E-state index contributed by atoms with van der Waals surface area (Å²) in [5.74, 6) is 1.15. The quantitative estimate of drug-likeness (QED) is 0.836. The van der Waals surface area contributed by atoms with Crippen LogP contribution in [0.5, 0.6) is 0 Å². The lowest BCUT2D eigenvalue weighted by Crippen LogP contribution is -2.51. The minimum absolute atomic E-state index is 0.0556. The van der Waals surface area contributed by atoms with E-state index in [0.717, 1.165) is 19.3 Å². The van der Waals surface area contributed by atoms with Crippen LogP contribution < -0.4 is 0 Å². The number of piperidine rings is 1. The fraction of sp³-hybridized carbons (Fsp3) is 1.00. The Labute approximate surface area is 115 Å². The highest BCUT2D eigenvalue weighted by Gasteiger charge is 2.44. The Hall–Kier alpha value is -0.170. The van der Waals surface area contributed by atoms with Crippen molar-refractivity contribution in [2.24, 2.45) is 11.8 Å². The summed E-state index contributed by atoms with van der Waals surface area (Å²) in [6, 6.07) is -0.209. The van der Waals surface area contributed by atoms with Crippen LogP contribution in [0.2, 0.25) is 0 Å². The van der Waals surface area contributed by atoms with Gasteiger partial charge in [0.15, 0.2) is 0 Å². The molecule has 2 aliphatic heterocycles. The van der Waals surface area contributed by atoms with Crippen molar-refractivity contribution in [1.82, 2.24) is 8.61 Å². The highest BCUT2D eigenvalue weighted by atomic mass is 32.2. The van der Waals surface area contributed by atoms with Crippen LogP contribution in [0.25, 0.3) is 0 Å². The number of hydrogen-bond acceptors (Lipinski definition) is 3. The summed E-state index contributed by atoms with van der Waals surface area (Å²) in [5, 5.41) is 9.40. The Morgan fingerprint density at radius 2 is 1.68 bits per heavy atom. The fourth-order valence-corrected chi connectivity index (χ4v) is 5.95. The van der Waals surface area contributed by atoms with E-state index in [1.165, 1.54) is 19.3 Å². The summed E-state index contributed by atoms with van der Waals surface area (Å²) in [4.78, 5) is 0. The lowest BCUT2D eigenvalue weighted by atomic mass is 10.0. The maximum absolute atomic E-state index is 12.7. The second-order valence-corrected chi connectivity index (χ2v) is 8.10. The van der Waals surface area contributed by atoms with Crippen molar-refractivity contribution in [3.8, 4) is 0 Å². The van der Waals surface area contributed by atoms with Crippen molar-refractivity contribution >= 4 is 10.2 Å². The molecule has 110 valence electrons. The molecule has 0 spiro atoms. The molecule has 0 aromatic carbocycles. The number of nitrogens with zero attached hydrogens (tertiary/aromatic N) is 2. The Morgan fingerprint density at radius 1 is 1.00 bits per heavy atom. The Bertz CT molecular complexity index is 414. The maximum Gasteiger partial charge on any atom is 0.282 e. The van der Waals surface area contributed by atoms with Crippen molar-refractivity contribution in [3.05, 3.63) is 0 Å². The van der Waals surface area contributed by atoms with E-state index in [9.17, 15) is 13.5 Å². The minimum Gasteiger partial charge on any atom is -0.395 e. The molecule has 3 atom stereocenters. The van der Waals surface area contributed by atoms with E-state index in [-0.39, 0.29) is 12.6 Å². The third-order valence-electron chi connectivity index (χ3n) is 5.10. The summed E-state index contributed by atoms with van der Waals surface area (Å²) in [7, 11) is -3.36. The van der Waals surface area contributed by atoms with E-state index in [0.29, 0.717) is 31.5 Å². The number of aliphatic hydroxyl groups is 1. The van der Waals surface area contributed by atoms with E-state index in [2.05, 4.69) is 0 Å². The molecule has 5 nitrogen and oxygen atoms in total. The Morgan fingerprint density at radius 3 is 2.32 bits per heavy atom. The van der Waals surface area contributed by atoms with Gasteiger partial charge in [0, 0.05) is 25.7 Å². The topological polar surface area (TPSA) is 60.9 Å². The summed E-state index contributed by atoms with van der Waals surface area (Å²) in [5.41, 5.74) is 0. The van der Waals surface area contributed by atoms with Gasteiger partial charge in [0.25, 0.3) is 10.2 Å². The summed E-state index contributed by atoms with van der Waals surface area (Å²) in [6.45, 7) is 1.91. The first-order valence-corrected chi connectivity index (χ1v) is 8.90. The van der Waals surface area contributed by atoms with Crippen LogP contribution in [0.3, 0.4) is 0 Å². The van der Waals surface area contributed by atoms with Gasteiger partial charge < -0.3 is 5.11 Å². The van der Waals surface area contributed by atoms with Crippen molar-refractivity contribution in [2.75, 3.05) is 26.2 Å². The van der Waals surface area contributed by atoms with Crippen LogP contribution >= 0.6 is 0 Å². The number of hydrogen-bond donors (Lipinski definition) is 1. The molecule has 3 fully saturated rings. The number of fused-ring (bicyclic) bond motifs is 1. The van der Waals surface area contributed by atoms with Crippen LogP contribution in [0.1, 0.15) is 38.5 Å². The molecule has 1 aliphatic carbocycles. The average molecular weight is 288 g/mol. The molecular formula is C13H24N2O3S. The maximum atomic E-state index is 12.7. The van der Waals surface area contributed by atoms with Gasteiger partial charge in [0.1, 0.15) is 0 Å². The second-order valence-electron chi connectivity index (χ2n) is 6.22. The van der Waals surface area contributed by atoms with Crippen LogP contribution in [0.15, 0.2) is 0 Å². The molecule has 19 heavy (non-hydrogen) atoms. The van der Waals surface area contributed by atoms with Gasteiger partial charge in [-0.2, -0.15) is 17.0 Å². The van der Waals surface area contributed by atoms with E-state index < -0.39 is 10.2 Å². The van der Waals surface area contributed by atoms with Crippen LogP contribution in [0.4, 0.5) is 0 Å². The normalized spacial score (nSPS) is 37.6. The van der Waals surface area contributed by atoms with Gasteiger partial charge in [-0.05, 0) is 37.5 Å². The molecule has 0 aromatic heterocycles. The van der Waals surface area contributed by atoms with E-state index >= 15 is 0 Å². The van der Waals surface area contributed by atoms with Crippen molar-refractivity contribution in [3.63, 3.8) is 0 Å². The second kappa shape index (κ2) is 5.31. The highest BCUT2D eigenvalue weighted by molar-refractivity contribution is 7.86. The molecule has 1 saturated carbocycles. The predicted octanol–water partition coefficient (Wildman–Crippen LogP) is 0.810. The third-order valence-corrected chi connectivity index (χ3v) is 7.12. The molecule has 3 rings (SSSR count). The molecule has 2 heterocycles. The Kier molecular flexibility index (Phi) is 3.86. The molecule has 0 bridgehead atoms. The number of aliphatic hydroxyl groups excluding tert-OH is 1. The zero-order chi connectivity index (χ0) is 13.5. The van der Waals surface area contributed by atoms with Crippen molar-refractivity contribution in [2.45, 2.75) is 44.6 Å². The van der Waals surface area contributed by atoms with Crippen molar-refractivity contribution in [1.29, 1.82) is 0 Å². The molecule has 2 saturated heterocycles. The molecule has 1 N–H and O–H groups in total. The smallest absolute Gasteiger partial charge is 0.282 e. The first kappa shape index (κ1) is 13.8. The van der Waals surface area contributed by atoms with Crippen LogP contribution in [0, 0.1) is 11.8 Å². The molecule has 6 heteroatoms. The molecule has 0 amide bonds. The zero-order valence-corrected chi connectivity index (χ0v) is 12.2. The van der Waals surface area contributed by atoms with Crippen LogP contribution in [-0.2, 0) is 10.2 Å². The van der Waals surface area contributed by atoms with Gasteiger partial charge in [-0.3, -0.25) is 0 Å². The Balaban J connectivity index is 1.75. The van der Waals surface area contributed by atoms with E-state index in [1.807, 2.05) is 0 Å². The van der Waals surface area contributed by atoms with Crippen LogP contribution in [-0.4, -0.2) is 54.4 Å². The first-order valence-electron chi connectivity index (χ1n) is 7.50. The fourth-order valence-electron chi connectivity index (χ4n) is 3.99. The third kappa shape index (κ3) is 2.44. The molecule has 3 aliphatic rings. The number of rotatable bonds is 3. The van der Waals surface area contributed by atoms with Crippen molar-refractivity contribution < 1.29 is 13.5 Å². The highest BCUT2D eigenvalue weighted by Crippen LogP contribution is 2.39. The largest absolute Gasteiger partial charge is 0.395 e. The van der Waals surface area contributed by atoms with Gasteiger partial charge in [-0.25, -0.2) is 0 Å². The van der Waals surface area contributed by atoms with Gasteiger partial charge in [0.2, 0.25) is 0 Å². The molecular weight excluding hydrogens is 264 g/mol. The predicted molar refractivity (Wildman–Crippen MR) is 72.8 cm³/mol. The lowest BCUT2D eigenvalue weighted by Gasteiger charge is -2.36. The summed E-state index contributed by atoms with van der Waals surface area (Å²) in [6.07, 6.45) is 6.34. The monoisotopic (exact) mass is 288 g/mol. The zero-order valence-electron chi connectivity index (χ0n) is 11.4. The standard InChI is InChI=1S/C13H24N2O3S/c16-10-13-6-1-2-7-15(13)19(17,18)14-8-11-4-3-5-12(11)9-14/h11-13,16H,1-10H2. The van der Waals surface area contributed by atoms with Gasteiger partial charge >= 0.3 is 0 Å². The van der Waals surface area contributed by atoms with Gasteiger partial charge in [-0.1, -0.05) is 12.8 Å². The lowest BCUT2D eigenvalue weighted by molar-refractivity contribution is 0.148. The minimum atomic E-state index is -3.36. The molecule has 0 aromatic rings.